The Hall–Kier alpha value is -2.12. The van der Waals surface area contributed by atoms with E-state index in [1.807, 2.05) is 0 Å². The molecule has 6 atom stereocenters. The maximum atomic E-state index is 6.74. The molecule has 2 aromatic carbocycles. The van der Waals surface area contributed by atoms with Crippen LogP contribution in [0.15, 0.2) is 24.3 Å². The lowest BCUT2D eigenvalue weighted by Gasteiger charge is -2.48. The SMILES string of the molecule is c1c2cc3c4c1C1CCC1c1cc(cc(c1OCCOCCOCCOCCOCCO4)C1CCC31)C1CCC21. The number of hydrogen-bond donors (Lipinski definition) is 0. The van der Waals surface area contributed by atoms with Crippen LogP contribution < -0.4 is 9.47 Å². The molecule has 6 nitrogen and oxygen atoms in total. The van der Waals surface area contributed by atoms with Crippen LogP contribution in [0.3, 0.4) is 0 Å². The van der Waals surface area contributed by atoms with Crippen molar-refractivity contribution in [2.24, 2.45) is 0 Å². The van der Waals surface area contributed by atoms with Crippen LogP contribution in [0, 0.1) is 0 Å². The lowest BCUT2D eigenvalue weighted by atomic mass is 9.57. The van der Waals surface area contributed by atoms with E-state index in [0.29, 0.717) is 102 Å². The van der Waals surface area contributed by atoms with E-state index in [2.05, 4.69) is 24.3 Å². The summed E-state index contributed by atoms with van der Waals surface area (Å²) in [7, 11) is 0. The molecule has 214 valence electrons. The third kappa shape index (κ3) is 4.38. The van der Waals surface area contributed by atoms with Crippen molar-refractivity contribution in [2.45, 2.75) is 74.0 Å². The quantitative estimate of drug-likeness (QED) is 0.396. The van der Waals surface area contributed by atoms with Crippen LogP contribution >= 0.6 is 0 Å². The fourth-order valence-corrected chi connectivity index (χ4v) is 8.21. The molecule has 9 rings (SSSR count). The van der Waals surface area contributed by atoms with Crippen LogP contribution in [0.25, 0.3) is 0 Å². The summed E-state index contributed by atoms with van der Waals surface area (Å²) >= 11 is 0. The Bertz CT molecular complexity index is 1080. The van der Waals surface area contributed by atoms with E-state index < -0.39 is 0 Å². The van der Waals surface area contributed by atoms with E-state index in [9.17, 15) is 0 Å². The summed E-state index contributed by atoms with van der Waals surface area (Å²) in [5, 5.41) is 0. The molecule has 0 radical (unpaired) electrons. The maximum absolute atomic E-state index is 6.74. The zero-order valence-electron chi connectivity index (χ0n) is 23.5. The summed E-state index contributed by atoms with van der Waals surface area (Å²) in [6, 6.07) is 10.2. The van der Waals surface area contributed by atoms with Gasteiger partial charge in [0.2, 0.25) is 0 Å². The van der Waals surface area contributed by atoms with Crippen molar-refractivity contribution in [3.8, 4) is 11.5 Å². The Morgan fingerprint density at radius 2 is 0.625 bits per heavy atom. The van der Waals surface area contributed by atoms with Crippen LogP contribution in [-0.4, -0.2) is 66.1 Å². The zero-order valence-corrected chi connectivity index (χ0v) is 23.5. The first-order valence-corrected chi connectivity index (χ1v) is 15.8. The second kappa shape index (κ2) is 10.9. The summed E-state index contributed by atoms with van der Waals surface area (Å²) < 4.78 is 36.6. The number of ether oxygens (including phenoxy) is 6. The summed E-state index contributed by atoms with van der Waals surface area (Å²) in [5.74, 6) is 5.49. The highest BCUT2D eigenvalue weighted by atomic mass is 16.6. The van der Waals surface area contributed by atoms with Gasteiger partial charge in [-0.2, -0.15) is 0 Å². The van der Waals surface area contributed by atoms with E-state index >= 15 is 0 Å². The van der Waals surface area contributed by atoms with Crippen LogP contribution in [-0.2, 0) is 18.9 Å². The van der Waals surface area contributed by atoms with E-state index in [4.69, 9.17) is 28.4 Å². The smallest absolute Gasteiger partial charge is 0.126 e. The van der Waals surface area contributed by atoms with Gasteiger partial charge in [-0.15, -0.1) is 0 Å². The first-order chi connectivity index (χ1) is 19.9. The summed E-state index contributed by atoms with van der Waals surface area (Å²) in [5.41, 5.74) is 8.94. The number of hydrogen-bond acceptors (Lipinski definition) is 6. The summed E-state index contributed by atoms with van der Waals surface area (Å²) in [4.78, 5) is 0. The molecule has 0 spiro atoms. The lowest BCUT2D eigenvalue weighted by Crippen LogP contribution is -2.32. The van der Waals surface area contributed by atoms with Gasteiger partial charge in [-0.05, 0) is 107 Å². The number of rotatable bonds is 0. The van der Waals surface area contributed by atoms with Crippen LogP contribution in [0.4, 0.5) is 0 Å². The molecule has 1 heterocycles. The molecule has 8 bridgehead atoms. The standard InChI is InChI=1S/C34H42O6/c1-2-24-22-19-31-27-5-3-25(27)29-17-21(23(1)24)18-30-26-4-6-28(26)32(20-22)34(31)40-16-14-38-12-10-36-8-7-35-9-11-37-13-15-39-33(29)30/h17-20,23-28H,1-16H2. The Kier molecular flexibility index (Phi) is 7.00. The molecular formula is C34H42O6. The van der Waals surface area contributed by atoms with E-state index in [1.165, 1.54) is 72.3 Å². The highest BCUT2D eigenvalue weighted by Crippen LogP contribution is 2.64. The van der Waals surface area contributed by atoms with Gasteiger partial charge >= 0.3 is 0 Å². The molecule has 3 fully saturated rings. The monoisotopic (exact) mass is 546 g/mol. The minimum atomic E-state index is 0.480. The van der Waals surface area contributed by atoms with Crippen molar-refractivity contribution in [3.05, 3.63) is 57.6 Å². The summed E-state index contributed by atoms with van der Waals surface area (Å²) in [6.07, 6.45) is 7.41. The summed E-state index contributed by atoms with van der Waals surface area (Å²) in [6.45, 7) is 5.72. The van der Waals surface area contributed by atoms with E-state index in [0.717, 1.165) is 0 Å². The van der Waals surface area contributed by atoms with Gasteiger partial charge in [-0.25, -0.2) is 0 Å². The van der Waals surface area contributed by atoms with Gasteiger partial charge in [0.05, 0.1) is 52.9 Å². The zero-order chi connectivity index (χ0) is 26.5. The molecule has 2 aromatic rings. The highest BCUT2D eigenvalue weighted by molar-refractivity contribution is 5.60. The van der Waals surface area contributed by atoms with Gasteiger partial charge < -0.3 is 28.4 Å². The topological polar surface area (TPSA) is 55.4 Å². The lowest BCUT2D eigenvalue weighted by molar-refractivity contribution is -0.00731. The van der Waals surface area contributed by atoms with Crippen LogP contribution in [0.1, 0.15) is 107 Å². The first-order valence-electron chi connectivity index (χ1n) is 15.8. The van der Waals surface area contributed by atoms with Gasteiger partial charge in [0, 0.05) is 0 Å². The molecule has 0 N–H and O–H groups in total. The maximum Gasteiger partial charge on any atom is 0.126 e. The molecule has 6 aliphatic carbocycles. The number of benzene rings is 2. The predicted octanol–water partition coefficient (Wildman–Crippen LogP) is 6.13. The molecule has 7 aliphatic rings. The predicted molar refractivity (Wildman–Crippen MR) is 151 cm³/mol. The average Bonchev–Trinajstić information content (AvgIpc) is 2.87. The normalized spacial score (nSPS) is 33.4. The molecule has 40 heavy (non-hydrogen) atoms. The molecular weight excluding hydrogens is 504 g/mol. The van der Waals surface area contributed by atoms with E-state index in [1.54, 1.807) is 11.1 Å². The van der Waals surface area contributed by atoms with Crippen molar-refractivity contribution in [1.82, 2.24) is 0 Å². The second-order valence-corrected chi connectivity index (χ2v) is 12.6. The third-order valence-corrected chi connectivity index (χ3v) is 10.7. The van der Waals surface area contributed by atoms with Crippen LogP contribution in [0.2, 0.25) is 0 Å². The Balaban J connectivity index is 1.21. The molecule has 3 saturated carbocycles. The third-order valence-electron chi connectivity index (χ3n) is 10.7. The second-order valence-electron chi connectivity index (χ2n) is 12.6. The van der Waals surface area contributed by atoms with Gasteiger partial charge in [0.1, 0.15) is 24.7 Å². The van der Waals surface area contributed by atoms with Gasteiger partial charge in [-0.1, -0.05) is 24.3 Å². The minimum Gasteiger partial charge on any atom is -0.491 e. The Morgan fingerprint density at radius 3 is 0.900 bits per heavy atom. The fourth-order valence-electron chi connectivity index (χ4n) is 8.21. The van der Waals surface area contributed by atoms with Gasteiger partial charge in [-0.3, -0.25) is 0 Å². The average molecular weight is 547 g/mol. The molecule has 0 saturated heterocycles. The molecule has 1 aliphatic heterocycles. The van der Waals surface area contributed by atoms with Crippen molar-refractivity contribution in [1.29, 1.82) is 0 Å². The fraction of sp³-hybridized carbons (Fsp3) is 0.647. The van der Waals surface area contributed by atoms with Crippen molar-refractivity contribution < 1.29 is 28.4 Å². The Morgan fingerprint density at radius 1 is 0.350 bits per heavy atom. The van der Waals surface area contributed by atoms with Gasteiger partial charge in [0.25, 0.3) is 0 Å². The molecule has 6 unspecified atom stereocenters. The van der Waals surface area contributed by atoms with Gasteiger partial charge in [0.15, 0.2) is 0 Å². The van der Waals surface area contributed by atoms with Crippen molar-refractivity contribution in [2.75, 3.05) is 66.1 Å². The molecule has 6 heteroatoms. The largest absolute Gasteiger partial charge is 0.491 e. The molecule has 0 aromatic heterocycles. The first kappa shape index (κ1) is 25.6. The van der Waals surface area contributed by atoms with Crippen LogP contribution in [0.5, 0.6) is 11.5 Å². The van der Waals surface area contributed by atoms with Crippen molar-refractivity contribution in [3.63, 3.8) is 0 Å². The molecule has 0 amide bonds. The highest BCUT2D eigenvalue weighted by Gasteiger charge is 2.47. The Labute approximate surface area is 237 Å². The van der Waals surface area contributed by atoms with Crippen molar-refractivity contribution >= 4 is 0 Å². The minimum absolute atomic E-state index is 0.480. The van der Waals surface area contributed by atoms with E-state index in [-0.39, 0.29) is 0 Å².